The van der Waals surface area contributed by atoms with Gasteiger partial charge in [0.2, 0.25) is 0 Å². The van der Waals surface area contributed by atoms with Crippen molar-refractivity contribution >= 4 is 57.7 Å². The minimum absolute atomic E-state index is 0.0884. The van der Waals surface area contributed by atoms with E-state index in [1.807, 2.05) is 0 Å². The van der Waals surface area contributed by atoms with Crippen LogP contribution < -0.4 is 10.2 Å². The predicted octanol–water partition coefficient (Wildman–Crippen LogP) is 4.07. The maximum absolute atomic E-state index is 12.4. The van der Waals surface area contributed by atoms with Crippen molar-refractivity contribution in [1.29, 1.82) is 0 Å². The number of hydrogen-bond donors (Lipinski definition) is 2. The molecule has 0 radical (unpaired) electrons. The van der Waals surface area contributed by atoms with Gasteiger partial charge >= 0.3 is 0 Å². The summed E-state index contributed by atoms with van der Waals surface area (Å²) in [6.07, 6.45) is 2.25. The molecule has 1 amide bonds. The Bertz CT molecular complexity index is 682. The molecule has 0 aliphatic carbocycles. The van der Waals surface area contributed by atoms with E-state index in [1.54, 1.807) is 23.5 Å². The molecule has 1 aliphatic rings. The van der Waals surface area contributed by atoms with Gasteiger partial charge < -0.3 is 10.2 Å². The number of likely N-dealkylation sites (tertiary alicyclic amines) is 1. The SMILES string of the molecule is O=C(C[NH+]1CCC[C@H]1c1cccs1)Nc1c(Cl)cc(Cl)cc1Cl. The standard InChI is InChI=1S/C16H15Cl3N2OS/c17-10-7-11(18)16(12(19)8-10)20-15(22)9-21-5-1-3-13(21)14-4-2-6-23-14/h2,4,6-8,13H,1,3,5,9H2,(H,20,22)/p+1/t13-/m0/s1. The van der Waals surface area contributed by atoms with Gasteiger partial charge in [0.1, 0.15) is 6.04 Å². The van der Waals surface area contributed by atoms with E-state index in [0.29, 0.717) is 33.3 Å². The van der Waals surface area contributed by atoms with E-state index in [0.717, 1.165) is 19.4 Å². The number of thiophene rings is 1. The molecule has 0 saturated carbocycles. The number of hydrogen-bond acceptors (Lipinski definition) is 2. The topological polar surface area (TPSA) is 33.5 Å². The second-order valence-electron chi connectivity index (χ2n) is 5.59. The summed E-state index contributed by atoms with van der Waals surface area (Å²) in [7, 11) is 0. The van der Waals surface area contributed by atoms with Gasteiger partial charge in [-0.25, -0.2) is 0 Å². The molecule has 122 valence electrons. The van der Waals surface area contributed by atoms with E-state index < -0.39 is 0 Å². The van der Waals surface area contributed by atoms with Crippen molar-refractivity contribution in [3.8, 4) is 0 Å². The van der Waals surface area contributed by atoms with Gasteiger partial charge in [-0.05, 0) is 23.6 Å². The Kier molecular flexibility index (Phi) is 5.49. The Morgan fingerprint density at radius 2 is 2.04 bits per heavy atom. The number of amides is 1. The fraction of sp³-hybridized carbons (Fsp3) is 0.312. The zero-order valence-electron chi connectivity index (χ0n) is 12.2. The highest BCUT2D eigenvalue weighted by Gasteiger charge is 2.32. The Labute approximate surface area is 154 Å². The van der Waals surface area contributed by atoms with Crippen LogP contribution in [0.4, 0.5) is 5.69 Å². The van der Waals surface area contributed by atoms with Crippen molar-refractivity contribution in [2.45, 2.75) is 18.9 Å². The van der Waals surface area contributed by atoms with E-state index in [2.05, 4.69) is 22.8 Å². The molecule has 3 nitrogen and oxygen atoms in total. The lowest BCUT2D eigenvalue weighted by atomic mass is 10.2. The fourth-order valence-corrected chi connectivity index (χ4v) is 4.84. The van der Waals surface area contributed by atoms with Crippen LogP contribution in [0.2, 0.25) is 15.1 Å². The number of benzene rings is 1. The maximum atomic E-state index is 12.4. The van der Waals surface area contributed by atoms with E-state index in [4.69, 9.17) is 34.8 Å². The summed E-state index contributed by atoms with van der Waals surface area (Å²) in [5.41, 5.74) is 0.425. The van der Waals surface area contributed by atoms with Crippen LogP contribution in [0, 0.1) is 0 Å². The largest absolute Gasteiger partial charge is 0.320 e. The Hall–Kier alpha value is -0.780. The normalized spacial score (nSPS) is 20.7. The van der Waals surface area contributed by atoms with Crippen LogP contribution in [0.1, 0.15) is 23.8 Å². The molecule has 1 unspecified atom stereocenters. The Balaban J connectivity index is 1.68. The van der Waals surface area contributed by atoms with Crippen LogP contribution in [-0.4, -0.2) is 19.0 Å². The molecule has 2 atom stereocenters. The average molecular weight is 391 g/mol. The first-order chi connectivity index (χ1) is 11.0. The first kappa shape index (κ1) is 17.1. The zero-order chi connectivity index (χ0) is 16.4. The number of rotatable bonds is 4. The summed E-state index contributed by atoms with van der Waals surface area (Å²) < 4.78 is 0. The van der Waals surface area contributed by atoms with E-state index in [9.17, 15) is 4.79 Å². The summed E-state index contributed by atoms with van der Waals surface area (Å²) in [6.45, 7) is 1.40. The van der Waals surface area contributed by atoms with Gasteiger partial charge in [-0.3, -0.25) is 4.79 Å². The average Bonchev–Trinajstić information content (AvgIpc) is 3.13. The van der Waals surface area contributed by atoms with Crippen molar-refractivity contribution in [1.82, 2.24) is 0 Å². The van der Waals surface area contributed by atoms with E-state index in [1.165, 1.54) is 9.78 Å². The maximum Gasteiger partial charge on any atom is 0.279 e. The quantitative estimate of drug-likeness (QED) is 0.811. The van der Waals surface area contributed by atoms with Crippen molar-refractivity contribution in [3.05, 3.63) is 49.6 Å². The van der Waals surface area contributed by atoms with Crippen LogP contribution in [0.25, 0.3) is 0 Å². The minimum atomic E-state index is -0.0884. The van der Waals surface area contributed by atoms with Gasteiger partial charge in [-0.1, -0.05) is 40.9 Å². The number of carbonyl (C=O) groups excluding carboxylic acids is 1. The molecule has 0 spiro atoms. The highest BCUT2D eigenvalue weighted by Crippen LogP contribution is 2.33. The lowest BCUT2D eigenvalue weighted by Crippen LogP contribution is -3.11. The lowest BCUT2D eigenvalue weighted by molar-refractivity contribution is -0.910. The Morgan fingerprint density at radius 3 is 2.70 bits per heavy atom. The summed E-state index contributed by atoms with van der Waals surface area (Å²) in [4.78, 5) is 15.0. The minimum Gasteiger partial charge on any atom is -0.320 e. The number of nitrogens with one attached hydrogen (secondary N) is 2. The molecule has 23 heavy (non-hydrogen) atoms. The number of halogens is 3. The summed E-state index contributed by atoms with van der Waals surface area (Å²) >= 11 is 19.9. The van der Waals surface area contributed by atoms with Crippen molar-refractivity contribution in [2.24, 2.45) is 0 Å². The molecule has 0 bridgehead atoms. The number of anilines is 1. The van der Waals surface area contributed by atoms with E-state index >= 15 is 0 Å². The molecule has 1 aliphatic heterocycles. The van der Waals surface area contributed by atoms with Gasteiger partial charge in [0.25, 0.3) is 5.91 Å². The summed E-state index contributed by atoms with van der Waals surface area (Å²) in [5, 5.41) is 6.05. The number of quaternary nitrogens is 1. The molecule has 1 saturated heterocycles. The van der Waals surface area contributed by atoms with Crippen molar-refractivity contribution in [3.63, 3.8) is 0 Å². The molecule has 1 aromatic carbocycles. The first-order valence-corrected chi connectivity index (χ1v) is 9.38. The molecule has 2 heterocycles. The van der Waals surface area contributed by atoms with Gasteiger partial charge in [0, 0.05) is 17.9 Å². The molecular formula is C16H16Cl3N2OS+. The lowest BCUT2D eigenvalue weighted by Gasteiger charge is -2.20. The Morgan fingerprint density at radius 1 is 1.30 bits per heavy atom. The van der Waals surface area contributed by atoms with Crippen LogP contribution in [0.15, 0.2) is 29.6 Å². The highest BCUT2D eigenvalue weighted by molar-refractivity contribution is 7.10. The molecular weight excluding hydrogens is 375 g/mol. The van der Waals surface area contributed by atoms with Crippen LogP contribution >= 0.6 is 46.1 Å². The second-order valence-corrected chi connectivity index (χ2v) is 7.82. The smallest absolute Gasteiger partial charge is 0.279 e. The summed E-state index contributed by atoms with van der Waals surface area (Å²) in [5.74, 6) is -0.0884. The van der Waals surface area contributed by atoms with Crippen LogP contribution in [0.5, 0.6) is 0 Å². The van der Waals surface area contributed by atoms with Crippen LogP contribution in [0.3, 0.4) is 0 Å². The monoisotopic (exact) mass is 389 g/mol. The summed E-state index contributed by atoms with van der Waals surface area (Å²) in [6, 6.07) is 7.75. The van der Waals surface area contributed by atoms with Gasteiger partial charge in [0.05, 0.1) is 27.2 Å². The molecule has 3 rings (SSSR count). The molecule has 1 aromatic heterocycles. The highest BCUT2D eigenvalue weighted by atomic mass is 35.5. The molecule has 2 aromatic rings. The van der Waals surface area contributed by atoms with Crippen molar-refractivity contribution < 1.29 is 9.69 Å². The van der Waals surface area contributed by atoms with Gasteiger partial charge in [-0.15, -0.1) is 11.3 Å². The zero-order valence-corrected chi connectivity index (χ0v) is 15.3. The van der Waals surface area contributed by atoms with E-state index in [-0.39, 0.29) is 5.91 Å². The third-order valence-corrected chi connectivity index (χ3v) is 5.83. The molecule has 2 N–H and O–H groups in total. The van der Waals surface area contributed by atoms with Crippen LogP contribution in [-0.2, 0) is 4.79 Å². The third-order valence-electron chi connectivity index (χ3n) is 4.03. The van der Waals surface area contributed by atoms with Crippen molar-refractivity contribution in [2.75, 3.05) is 18.4 Å². The first-order valence-electron chi connectivity index (χ1n) is 7.37. The van der Waals surface area contributed by atoms with Gasteiger partial charge in [0.15, 0.2) is 6.54 Å². The second kappa shape index (κ2) is 7.41. The van der Waals surface area contributed by atoms with Gasteiger partial charge in [-0.2, -0.15) is 0 Å². The fourth-order valence-electron chi connectivity index (χ4n) is 3.01. The predicted molar refractivity (Wildman–Crippen MR) is 97.1 cm³/mol. The third kappa shape index (κ3) is 4.01. The number of carbonyl (C=O) groups is 1. The molecule has 1 fully saturated rings. The molecule has 7 heteroatoms.